The third kappa shape index (κ3) is 3.78. The summed E-state index contributed by atoms with van der Waals surface area (Å²) in [4.78, 5) is 19.3. The molecule has 3 aromatic rings. The first-order valence-electron chi connectivity index (χ1n) is 9.27. The van der Waals surface area contributed by atoms with Gasteiger partial charge in [-0.1, -0.05) is 17.7 Å². The zero-order chi connectivity index (χ0) is 19.0. The molecule has 1 aliphatic rings. The van der Waals surface area contributed by atoms with Crippen LogP contribution in [-0.2, 0) is 0 Å². The van der Waals surface area contributed by atoms with Gasteiger partial charge in [-0.3, -0.25) is 4.79 Å². The largest absolute Gasteiger partial charge is 0.381 e. The van der Waals surface area contributed by atoms with Gasteiger partial charge >= 0.3 is 0 Å². The standard InChI is InChI=1S/C21H23ClN4O/c1-14-5-7-17(10-15(14)2)23-18-4-3-9-25(12-18)21(27)19-13-26-11-16(22)6-8-20(26)24-19/h5-8,10-11,13,18,23H,3-4,9,12H2,1-2H3/t18-/m0/s1. The maximum atomic E-state index is 12.9. The fourth-order valence-electron chi connectivity index (χ4n) is 3.58. The quantitative estimate of drug-likeness (QED) is 0.733. The van der Waals surface area contributed by atoms with Crippen LogP contribution in [0.5, 0.6) is 0 Å². The van der Waals surface area contributed by atoms with Crippen molar-refractivity contribution in [2.75, 3.05) is 18.4 Å². The molecule has 1 N–H and O–H groups in total. The van der Waals surface area contributed by atoms with Gasteiger partial charge in [0.1, 0.15) is 11.3 Å². The zero-order valence-corrected chi connectivity index (χ0v) is 16.3. The van der Waals surface area contributed by atoms with E-state index in [2.05, 4.69) is 42.3 Å². The minimum absolute atomic E-state index is 0.0265. The molecule has 27 heavy (non-hydrogen) atoms. The van der Waals surface area contributed by atoms with Gasteiger partial charge < -0.3 is 14.6 Å². The van der Waals surface area contributed by atoms with E-state index >= 15 is 0 Å². The number of nitrogens with zero attached hydrogens (tertiary/aromatic N) is 3. The molecule has 0 unspecified atom stereocenters. The normalized spacial score (nSPS) is 17.3. The minimum atomic E-state index is -0.0265. The molecule has 1 aliphatic heterocycles. The third-order valence-corrected chi connectivity index (χ3v) is 5.44. The van der Waals surface area contributed by atoms with E-state index in [0.717, 1.165) is 30.7 Å². The number of anilines is 1. The number of likely N-dealkylation sites (tertiary alicyclic amines) is 1. The number of amides is 1. The Bertz CT molecular complexity index is 997. The molecule has 1 aromatic carbocycles. The summed E-state index contributed by atoms with van der Waals surface area (Å²) in [5.41, 5.74) is 4.86. The SMILES string of the molecule is Cc1ccc(N[C@H]2CCCN(C(=O)c3cn4cc(Cl)ccc4n3)C2)cc1C. The van der Waals surface area contributed by atoms with Crippen molar-refractivity contribution in [2.24, 2.45) is 0 Å². The van der Waals surface area contributed by atoms with Crippen LogP contribution in [0.4, 0.5) is 5.69 Å². The molecule has 1 fully saturated rings. The van der Waals surface area contributed by atoms with Crippen LogP contribution in [0.25, 0.3) is 5.65 Å². The number of rotatable bonds is 3. The number of hydrogen-bond donors (Lipinski definition) is 1. The van der Waals surface area contributed by atoms with Gasteiger partial charge in [-0.15, -0.1) is 0 Å². The molecule has 0 saturated carbocycles. The highest BCUT2D eigenvalue weighted by molar-refractivity contribution is 6.30. The number of halogens is 1. The van der Waals surface area contributed by atoms with Gasteiger partial charge in [-0.2, -0.15) is 0 Å². The smallest absolute Gasteiger partial charge is 0.274 e. The van der Waals surface area contributed by atoms with Gasteiger partial charge in [0.15, 0.2) is 0 Å². The molecule has 140 valence electrons. The van der Waals surface area contributed by atoms with Crippen LogP contribution in [0.3, 0.4) is 0 Å². The van der Waals surface area contributed by atoms with E-state index < -0.39 is 0 Å². The molecule has 2 aromatic heterocycles. The van der Waals surface area contributed by atoms with E-state index in [1.807, 2.05) is 11.0 Å². The summed E-state index contributed by atoms with van der Waals surface area (Å²) in [7, 11) is 0. The number of nitrogens with one attached hydrogen (secondary N) is 1. The first-order chi connectivity index (χ1) is 13.0. The number of piperidine rings is 1. The molecule has 6 heteroatoms. The molecule has 1 atom stereocenters. The number of benzene rings is 1. The van der Waals surface area contributed by atoms with Crippen LogP contribution in [0.15, 0.2) is 42.7 Å². The number of carbonyl (C=O) groups excluding carboxylic acids is 1. The van der Waals surface area contributed by atoms with Crippen molar-refractivity contribution >= 4 is 28.8 Å². The first-order valence-corrected chi connectivity index (χ1v) is 9.65. The Kier molecular flexibility index (Phi) is 4.79. The average molecular weight is 383 g/mol. The topological polar surface area (TPSA) is 49.6 Å². The Labute approximate surface area is 164 Å². The lowest BCUT2D eigenvalue weighted by atomic mass is 10.0. The van der Waals surface area contributed by atoms with Crippen LogP contribution >= 0.6 is 11.6 Å². The lowest BCUT2D eigenvalue weighted by Gasteiger charge is -2.33. The van der Waals surface area contributed by atoms with Gasteiger partial charge in [0.25, 0.3) is 5.91 Å². The average Bonchev–Trinajstić information content (AvgIpc) is 3.07. The lowest BCUT2D eigenvalue weighted by Crippen LogP contribution is -2.45. The highest BCUT2D eigenvalue weighted by atomic mass is 35.5. The molecule has 5 nitrogen and oxygen atoms in total. The molecule has 0 bridgehead atoms. The van der Waals surface area contributed by atoms with Crippen molar-refractivity contribution in [1.29, 1.82) is 0 Å². The van der Waals surface area contributed by atoms with Crippen LogP contribution in [0.1, 0.15) is 34.5 Å². The number of hydrogen-bond acceptors (Lipinski definition) is 3. The first kappa shape index (κ1) is 17.9. The van der Waals surface area contributed by atoms with Crippen molar-refractivity contribution < 1.29 is 4.79 Å². The number of fused-ring (bicyclic) bond motifs is 1. The van der Waals surface area contributed by atoms with Gasteiger partial charge in [0.05, 0.1) is 5.02 Å². The van der Waals surface area contributed by atoms with Crippen molar-refractivity contribution in [3.05, 3.63) is 64.6 Å². The minimum Gasteiger partial charge on any atom is -0.381 e. The molecule has 1 saturated heterocycles. The summed E-state index contributed by atoms with van der Waals surface area (Å²) in [5.74, 6) is -0.0265. The second-order valence-corrected chi connectivity index (χ2v) is 7.71. The molecule has 0 aliphatic carbocycles. The zero-order valence-electron chi connectivity index (χ0n) is 15.6. The summed E-state index contributed by atoms with van der Waals surface area (Å²) in [5, 5.41) is 4.20. The van der Waals surface area contributed by atoms with Crippen LogP contribution in [0, 0.1) is 13.8 Å². The van der Waals surface area contributed by atoms with Crippen molar-refractivity contribution in [2.45, 2.75) is 32.7 Å². The summed E-state index contributed by atoms with van der Waals surface area (Å²) in [6.07, 6.45) is 5.55. The van der Waals surface area contributed by atoms with Gasteiger partial charge in [-0.25, -0.2) is 4.98 Å². The fourth-order valence-corrected chi connectivity index (χ4v) is 3.74. The van der Waals surface area contributed by atoms with E-state index in [4.69, 9.17) is 11.6 Å². The Balaban J connectivity index is 1.48. The molecule has 0 spiro atoms. The summed E-state index contributed by atoms with van der Waals surface area (Å²) in [6.45, 7) is 5.67. The Morgan fingerprint density at radius 2 is 2.04 bits per heavy atom. The Morgan fingerprint density at radius 3 is 2.85 bits per heavy atom. The molecular weight excluding hydrogens is 360 g/mol. The third-order valence-electron chi connectivity index (χ3n) is 5.22. The summed E-state index contributed by atoms with van der Waals surface area (Å²) >= 11 is 6.02. The number of carbonyl (C=O) groups is 1. The van der Waals surface area contributed by atoms with Crippen LogP contribution in [-0.4, -0.2) is 39.3 Å². The molecular formula is C21H23ClN4O. The van der Waals surface area contributed by atoms with E-state index in [9.17, 15) is 4.79 Å². The highest BCUT2D eigenvalue weighted by Gasteiger charge is 2.26. The number of aryl methyl sites for hydroxylation is 2. The second-order valence-electron chi connectivity index (χ2n) is 7.27. The number of aromatic nitrogens is 2. The maximum Gasteiger partial charge on any atom is 0.274 e. The second kappa shape index (κ2) is 7.24. The van der Waals surface area contributed by atoms with Crippen molar-refractivity contribution in [1.82, 2.24) is 14.3 Å². The Morgan fingerprint density at radius 1 is 1.19 bits per heavy atom. The van der Waals surface area contributed by atoms with Crippen LogP contribution < -0.4 is 5.32 Å². The van der Waals surface area contributed by atoms with E-state index in [-0.39, 0.29) is 11.9 Å². The molecule has 3 heterocycles. The fraction of sp³-hybridized carbons (Fsp3) is 0.333. The predicted molar refractivity (Wildman–Crippen MR) is 109 cm³/mol. The lowest BCUT2D eigenvalue weighted by molar-refractivity contribution is 0.0709. The van der Waals surface area contributed by atoms with E-state index in [1.165, 1.54) is 11.1 Å². The summed E-state index contributed by atoms with van der Waals surface area (Å²) < 4.78 is 1.80. The van der Waals surface area contributed by atoms with E-state index in [0.29, 0.717) is 17.3 Å². The number of imidazole rings is 1. The van der Waals surface area contributed by atoms with Gasteiger partial charge in [0, 0.05) is 37.2 Å². The Hall–Kier alpha value is -2.53. The molecule has 0 radical (unpaired) electrons. The highest BCUT2D eigenvalue weighted by Crippen LogP contribution is 2.20. The summed E-state index contributed by atoms with van der Waals surface area (Å²) in [6, 6.07) is 10.3. The monoisotopic (exact) mass is 382 g/mol. The molecule has 1 amide bonds. The molecule has 4 rings (SSSR count). The van der Waals surface area contributed by atoms with Crippen molar-refractivity contribution in [3.63, 3.8) is 0 Å². The van der Waals surface area contributed by atoms with Crippen LogP contribution in [0.2, 0.25) is 5.02 Å². The van der Waals surface area contributed by atoms with Gasteiger partial charge in [-0.05, 0) is 62.1 Å². The van der Waals surface area contributed by atoms with Gasteiger partial charge in [0.2, 0.25) is 0 Å². The number of pyridine rings is 1. The maximum absolute atomic E-state index is 12.9. The van der Waals surface area contributed by atoms with Crippen molar-refractivity contribution in [3.8, 4) is 0 Å². The predicted octanol–water partition coefficient (Wildman–Crippen LogP) is 4.32. The van der Waals surface area contributed by atoms with E-state index in [1.54, 1.807) is 22.9 Å².